The topological polar surface area (TPSA) is 0 Å². The normalized spacial score (nSPS) is 47.3. The van der Waals surface area contributed by atoms with Crippen LogP contribution in [0.4, 0.5) is 17.6 Å². The van der Waals surface area contributed by atoms with E-state index in [-0.39, 0.29) is 18.3 Å². The third kappa shape index (κ3) is 3.17. The zero-order chi connectivity index (χ0) is 16.5. The van der Waals surface area contributed by atoms with Gasteiger partial charge in [-0.3, -0.25) is 0 Å². The molecule has 3 fully saturated rings. The summed E-state index contributed by atoms with van der Waals surface area (Å²) in [6.45, 7) is 6.16. The van der Waals surface area contributed by atoms with Gasteiger partial charge in [-0.2, -0.15) is 0 Å². The molecule has 0 amide bonds. The summed E-state index contributed by atoms with van der Waals surface area (Å²) in [4.78, 5) is 0. The van der Waals surface area contributed by atoms with Crippen LogP contribution in [0.5, 0.6) is 0 Å². The summed E-state index contributed by atoms with van der Waals surface area (Å²) in [6, 6.07) is 0. The molecule has 5 atom stereocenters. The van der Waals surface area contributed by atoms with Crippen molar-refractivity contribution in [1.29, 1.82) is 0 Å². The van der Waals surface area contributed by atoms with E-state index in [1.807, 2.05) is 13.8 Å². The first kappa shape index (κ1) is 18.1. The summed E-state index contributed by atoms with van der Waals surface area (Å²) in [5.74, 6) is -4.77. The number of alkyl halides is 4. The predicted octanol–water partition coefficient (Wildman–Crippen LogP) is 6.20. The Morgan fingerprint density at radius 1 is 0.818 bits per heavy atom. The van der Waals surface area contributed by atoms with Gasteiger partial charge in [0.25, 0.3) is 5.92 Å². The maximum atomic E-state index is 14.6. The van der Waals surface area contributed by atoms with E-state index in [9.17, 15) is 17.6 Å². The molecule has 0 aromatic rings. The van der Waals surface area contributed by atoms with Crippen LogP contribution in [0.15, 0.2) is 0 Å². The molecule has 0 radical (unpaired) electrons. The van der Waals surface area contributed by atoms with Crippen LogP contribution < -0.4 is 0 Å². The standard InChI is InChI=1S/C16H24F4.C2H6/c1-9-2-4-10(5-3-9)12-8-11-6-7-13(17)15(18)14(11)16(12,19)20;1-2/h9-15H,2-8H2,1H3;1-2H3. The highest BCUT2D eigenvalue weighted by Gasteiger charge is 2.64. The lowest BCUT2D eigenvalue weighted by molar-refractivity contribution is -0.139. The fourth-order valence-corrected chi connectivity index (χ4v) is 4.91. The van der Waals surface area contributed by atoms with Crippen molar-refractivity contribution in [2.45, 2.75) is 84.0 Å². The van der Waals surface area contributed by atoms with E-state index < -0.39 is 30.1 Å². The summed E-state index contributed by atoms with van der Waals surface area (Å²) in [5.41, 5.74) is 0. The Balaban J connectivity index is 0.000000847. The summed E-state index contributed by atoms with van der Waals surface area (Å²) in [5, 5.41) is 0. The van der Waals surface area contributed by atoms with Gasteiger partial charge in [0.05, 0.1) is 5.92 Å². The van der Waals surface area contributed by atoms with Gasteiger partial charge >= 0.3 is 0 Å². The lowest BCUT2D eigenvalue weighted by atomic mass is 9.74. The van der Waals surface area contributed by atoms with Crippen LogP contribution >= 0.6 is 0 Å². The molecule has 0 nitrogen and oxygen atoms in total. The molecule has 3 saturated carbocycles. The molecular formula is C18H30F4. The molecule has 0 aromatic carbocycles. The quantitative estimate of drug-likeness (QED) is 0.504. The lowest BCUT2D eigenvalue weighted by Crippen LogP contribution is -2.45. The van der Waals surface area contributed by atoms with Crippen LogP contribution in [0.2, 0.25) is 0 Å². The molecule has 3 aliphatic rings. The molecular weight excluding hydrogens is 292 g/mol. The van der Waals surface area contributed by atoms with Gasteiger partial charge in [-0.05, 0) is 49.9 Å². The van der Waals surface area contributed by atoms with Crippen molar-refractivity contribution < 1.29 is 17.6 Å². The molecule has 5 unspecified atom stereocenters. The van der Waals surface area contributed by atoms with Crippen molar-refractivity contribution in [3.8, 4) is 0 Å². The zero-order valence-corrected chi connectivity index (χ0v) is 14.0. The highest BCUT2D eigenvalue weighted by atomic mass is 19.3. The van der Waals surface area contributed by atoms with Crippen LogP contribution in [-0.4, -0.2) is 18.3 Å². The van der Waals surface area contributed by atoms with Crippen LogP contribution in [0.3, 0.4) is 0 Å². The number of halogens is 4. The Morgan fingerprint density at radius 2 is 1.36 bits per heavy atom. The minimum absolute atomic E-state index is 0.0112. The van der Waals surface area contributed by atoms with Crippen molar-refractivity contribution >= 4 is 0 Å². The second-order valence-electron chi connectivity index (χ2n) is 7.36. The van der Waals surface area contributed by atoms with Crippen molar-refractivity contribution in [2.75, 3.05) is 0 Å². The van der Waals surface area contributed by atoms with Crippen molar-refractivity contribution in [1.82, 2.24) is 0 Å². The number of hydrogen-bond acceptors (Lipinski definition) is 0. The van der Waals surface area contributed by atoms with Gasteiger partial charge < -0.3 is 0 Å². The van der Waals surface area contributed by atoms with Gasteiger partial charge in [0, 0.05) is 5.92 Å². The van der Waals surface area contributed by atoms with Crippen molar-refractivity contribution in [3.63, 3.8) is 0 Å². The highest BCUT2D eigenvalue weighted by molar-refractivity contribution is 5.06. The first-order chi connectivity index (χ1) is 10.4. The lowest BCUT2D eigenvalue weighted by Gasteiger charge is -2.37. The van der Waals surface area contributed by atoms with Gasteiger partial charge in [-0.25, -0.2) is 17.6 Å². The molecule has 0 bridgehead atoms. The van der Waals surface area contributed by atoms with E-state index in [4.69, 9.17) is 0 Å². The molecule has 0 spiro atoms. The summed E-state index contributed by atoms with van der Waals surface area (Å²) in [6.07, 6.45) is 0.962. The van der Waals surface area contributed by atoms with Crippen LogP contribution in [-0.2, 0) is 0 Å². The number of fused-ring (bicyclic) bond motifs is 1. The third-order valence-electron chi connectivity index (χ3n) is 6.13. The Bertz CT molecular complexity index is 349. The molecule has 3 aliphatic carbocycles. The highest BCUT2D eigenvalue weighted by Crippen LogP contribution is 2.59. The average molecular weight is 322 g/mol. The average Bonchev–Trinajstić information content (AvgIpc) is 2.78. The number of hydrogen-bond donors (Lipinski definition) is 0. The molecule has 3 rings (SSSR count). The summed E-state index contributed by atoms with van der Waals surface area (Å²) >= 11 is 0. The summed E-state index contributed by atoms with van der Waals surface area (Å²) < 4.78 is 56.7. The molecule has 0 saturated heterocycles. The van der Waals surface area contributed by atoms with E-state index in [1.165, 1.54) is 0 Å². The Hall–Kier alpha value is -0.280. The predicted molar refractivity (Wildman–Crippen MR) is 81.5 cm³/mol. The first-order valence-corrected chi connectivity index (χ1v) is 9.07. The third-order valence-corrected chi connectivity index (χ3v) is 6.13. The van der Waals surface area contributed by atoms with Crippen LogP contribution in [0.25, 0.3) is 0 Å². The largest absolute Gasteiger partial charge is 0.257 e. The summed E-state index contributed by atoms with van der Waals surface area (Å²) in [7, 11) is 0. The molecule has 4 heteroatoms. The van der Waals surface area contributed by atoms with Gasteiger partial charge in [0.15, 0.2) is 0 Å². The molecule has 22 heavy (non-hydrogen) atoms. The van der Waals surface area contributed by atoms with Crippen molar-refractivity contribution in [2.24, 2.45) is 29.6 Å². The smallest absolute Gasteiger partial charge is 0.244 e. The Kier molecular flexibility index (Phi) is 5.82. The Labute approximate surface area is 132 Å². The Morgan fingerprint density at radius 3 is 1.95 bits per heavy atom. The zero-order valence-electron chi connectivity index (χ0n) is 14.0. The monoisotopic (exact) mass is 322 g/mol. The molecule has 0 aromatic heterocycles. The van der Waals surface area contributed by atoms with Gasteiger partial charge in [-0.15, -0.1) is 0 Å². The van der Waals surface area contributed by atoms with Crippen LogP contribution in [0, 0.1) is 29.6 Å². The van der Waals surface area contributed by atoms with Gasteiger partial charge in [-0.1, -0.05) is 33.6 Å². The van der Waals surface area contributed by atoms with E-state index in [1.54, 1.807) is 0 Å². The molecule has 0 aliphatic heterocycles. The van der Waals surface area contributed by atoms with Gasteiger partial charge in [0.1, 0.15) is 12.3 Å². The molecule has 0 N–H and O–H groups in total. The van der Waals surface area contributed by atoms with E-state index in [0.29, 0.717) is 18.8 Å². The van der Waals surface area contributed by atoms with E-state index >= 15 is 0 Å². The maximum absolute atomic E-state index is 14.6. The van der Waals surface area contributed by atoms with Crippen molar-refractivity contribution in [3.05, 3.63) is 0 Å². The molecule has 0 heterocycles. The maximum Gasteiger partial charge on any atom is 0.257 e. The van der Waals surface area contributed by atoms with E-state index in [0.717, 1.165) is 25.7 Å². The fraction of sp³-hybridized carbons (Fsp3) is 1.00. The minimum atomic E-state index is -3.01. The fourth-order valence-electron chi connectivity index (χ4n) is 4.91. The second-order valence-corrected chi connectivity index (χ2v) is 7.36. The first-order valence-electron chi connectivity index (χ1n) is 9.07. The number of rotatable bonds is 1. The minimum Gasteiger partial charge on any atom is -0.244 e. The van der Waals surface area contributed by atoms with E-state index in [2.05, 4.69) is 6.92 Å². The van der Waals surface area contributed by atoms with Gasteiger partial charge in [0.2, 0.25) is 0 Å². The second kappa shape index (κ2) is 7.09. The SMILES string of the molecule is CC.CC1CCC(C2CC3CCC(F)C(F)C3C2(F)F)CC1. The molecule has 130 valence electrons. The van der Waals surface area contributed by atoms with Crippen LogP contribution in [0.1, 0.15) is 65.7 Å².